The van der Waals surface area contributed by atoms with Crippen molar-refractivity contribution in [2.75, 3.05) is 6.61 Å². The summed E-state index contributed by atoms with van der Waals surface area (Å²) >= 11 is 0. The van der Waals surface area contributed by atoms with Crippen molar-refractivity contribution >= 4 is 6.21 Å². The van der Waals surface area contributed by atoms with Crippen molar-refractivity contribution in [2.24, 2.45) is 5.16 Å². The van der Waals surface area contributed by atoms with Crippen molar-refractivity contribution < 1.29 is 4.84 Å². The van der Waals surface area contributed by atoms with E-state index in [2.05, 4.69) is 15.1 Å². The normalized spacial score (nSPS) is 10.6. The van der Waals surface area contributed by atoms with Gasteiger partial charge in [-0.2, -0.15) is 0 Å². The number of rotatable bonds is 4. The summed E-state index contributed by atoms with van der Waals surface area (Å²) in [5, 5.41) is 3.74. The van der Waals surface area contributed by atoms with Gasteiger partial charge in [0.25, 0.3) is 0 Å². The summed E-state index contributed by atoms with van der Waals surface area (Å²) < 4.78 is 0. The lowest BCUT2D eigenvalue weighted by Gasteiger charge is -1.98. The minimum Gasteiger partial charge on any atom is -0.396 e. The Hall–Kier alpha value is -1.45. The SMILES string of the molecule is CCO/N=C\Cc1ncncc1C. The lowest BCUT2D eigenvalue weighted by molar-refractivity contribution is 0.160. The molecule has 0 saturated carbocycles. The Bertz CT molecular complexity index is 286. The Kier molecular flexibility index (Phi) is 3.88. The molecule has 0 N–H and O–H groups in total. The highest BCUT2D eigenvalue weighted by molar-refractivity contribution is 5.60. The van der Waals surface area contributed by atoms with Gasteiger partial charge < -0.3 is 4.84 Å². The van der Waals surface area contributed by atoms with Gasteiger partial charge in [-0.1, -0.05) is 5.16 Å². The zero-order valence-electron chi connectivity index (χ0n) is 7.90. The second-order valence-corrected chi connectivity index (χ2v) is 2.56. The van der Waals surface area contributed by atoms with Crippen LogP contribution in [0, 0.1) is 6.92 Å². The molecule has 0 unspecified atom stereocenters. The number of aryl methyl sites for hydroxylation is 1. The molecule has 0 aliphatic carbocycles. The molecule has 0 bridgehead atoms. The summed E-state index contributed by atoms with van der Waals surface area (Å²) in [5.41, 5.74) is 2.06. The summed E-state index contributed by atoms with van der Waals surface area (Å²) in [4.78, 5) is 12.8. The molecule has 0 amide bonds. The first-order valence-electron chi connectivity index (χ1n) is 4.24. The quantitative estimate of drug-likeness (QED) is 0.517. The molecule has 0 fully saturated rings. The average molecular weight is 179 g/mol. The first kappa shape index (κ1) is 9.64. The van der Waals surface area contributed by atoms with Crippen molar-refractivity contribution in [3.63, 3.8) is 0 Å². The van der Waals surface area contributed by atoms with Crippen LogP contribution >= 0.6 is 0 Å². The van der Waals surface area contributed by atoms with E-state index in [1.54, 1.807) is 12.4 Å². The maximum atomic E-state index is 4.82. The van der Waals surface area contributed by atoms with Crippen molar-refractivity contribution in [2.45, 2.75) is 20.3 Å². The third-order valence-corrected chi connectivity index (χ3v) is 1.57. The van der Waals surface area contributed by atoms with Crippen LogP contribution in [0.25, 0.3) is 0 Å². The van der Waals surface area contributed by atoms with E-state index in [1.807, 2.05) is 13.8 Å². The molecule has 13 heavy (non-hydrogen) atoms. The zero-order valence-corrected chi connectivity index (χ0v) is 7.90. The van der Waals surface area contributed by atoms with Gasteiger partial charge in [-0.15, -0.1) is 0 Å². The van der Waals surface area contributed by atoms with Gasteiger partial charge in [-0.25, -0.2) is 9.97 Å². The highest BCUT2D eigenvalue weighted by Gasteiger charge is 1.95. The fourth-order valence-corrected chi connectivity index (χ4v) is 0.889. The summed E-state index contributed by atoms with van der Waals surface area (Å²) in [5.74, 6) is 0. The van der Waals surface area contributed by atoms with Crippen molar-refractivity contribution in [1.29, 1.82) is 0 Å². The third-order valence-electron chi connectivity index (χ3n) is 1.57. The summed E-state index contributed by atoms with van der Waals surface area (Å²) in [6.45, 7) is 4.47. The molecule has 1 rings (SSSR count). The van der Waals surface area contributed by atoms with Gasteiger partial charge in [0.15, 0.2) is 0 Å². The molecule has 4 nitrogen and oxygen atoms in total. The van der Waals surface area contributed by atoms with E-state index in [0.29, 0.717) is 13.0 Å². The molecule has 0 aromatic carbocycles. The molecule has 0 saturated heterocycles. The Labute approximate surface area is 77.7 Å². The van der Waals surface area contributed by atoms with E-state index >= 15 is 0 Å². The summed E-state index contributed by atoms with van der Waals surface area (Å²) in [6.07, 6.45) is 5.72. The fraction of sp³-hybridized carbons (Fsp3) is 0.444. The maximum absolute atomic E-state index is 4.82. The smallest absolute Gasteiger partial charge is 0.115 e. The van der Waals surface area contributed by atoms with Gasteiger partial charge in [0.2, 0.25) is 0 Å². The first-order valence-corrected chi connectivity index (χ1v) is 4.24. The second kappa shape index (κ2) is 5.24. The van der Waals surface area contributed by atoms with E-state index in [-0.39, 0.29) is 0 Å². The lowest BCUT2D eigenvalue weighted by atomic mass is 10.2. The molecular weight excluding hydrogens is 166 g/mol. The number of hydrogen-bond acceptors (Lipinski definition) is 4. The third kappa shape index (κ3) is 3.19. The molecule has 0 radical (unpaired) electrons. The Morgan fingerprint density at radius 3 is 3.15 bits per heavy atom. The van der Waals surface area contributed by atoms with Gasteiger partial charge in [0.1, 0.15) is 12.9 Å². The maximum Gasteiger partial charge on any atom is 0.115 e. The summed E-state index contributed by atoms with van der Waals surface area (Å²) in [7, 11) is 0. The molecule has 0 aliphatic rings. The van der Waals surface area contributed by atoms with Crippen LogP contribution in [0.1, 0.15) is 18.2 Å². The van der Waals surface area contributed by atoms with Crippen molar-refractivity contribution in [3.05, 3.63) is 23.8 Å². The minimum absolute atomic E-state index is 0.596. The van der Waals surface area contributed by atoms with E-state index in [0.717, 1.165) is 11.3 Å². The molecule has 0 spiro atoms. The van der Waals surface area contributed by atoms with Crippen LogP contribution in [0.4, 0.5) is 0 Å². The average Bonchev–Trinajstić information content (AvgIpc) is 2.15. The molecule has 1 aromatic rings. The Balaban J connectivity index is 2.49. The first-order chi connectivity index (χ1) is 6.34. The standard InChI is InChI=1S/C9H13N3O/c1-3-13-12-5-4-9-8(2)6-10-7-11-9/h5-7H,3-4H2,1-2H3/b12-5-. The van der Waals surface area contributed by atoms with E-state index in [4.69, 9.17) is 4.84 Å². The van der Waals surface area contributed by atoms with Crippen molar-refractivity contribution in [3.8, 4) is 0 Å². The van der Waals surface area contributed by atoms with Crippen LogP contribution in [0.3, 0.4) is 0 Å². The predicted molar refractivity (Wildman–Crippen MR) is 50.6 cm³/mol. The molecule has 1 aromatic heterocycles. The highest BCUT2D eigenvalue weighted by atomic mass is 16.6. The molecule has 70 valence electrons. The van der Waals surface area contributed by atoms with Crippen LogP contribution in [-0.4, -0.2) is 22.8 Å². The molecule has 0 atom stereocenters. The largest absolute Gasteiger partial charge is 0.396 e. The van der Waals surface area contributed by atoms with Crippen LogP contribution in [-0.2, 0) is 11.3 Å². The van der Waals surface area contributed by atoms with Gasteiger partial charge in [-0.05, 0) is 19.4 Å². The molecule has 4 heteroatoms. The number of hydrogen-bond donors (Lipinski definition) is 0. The second-order valence-electron chi connectivity index (χ2n) is 2.56. The van der Waals surface area contributed by atoms with Crippen molar-refractivity contribution in [1.82, 2.24) is 9.97 Å². The number of nitrogens with zero attached hydrogens (tertiary/aromatic N) is 3. The Morgan fingerprint density at radius 1 is 1.62 bits per heavy atom. The molecular formula is C9H13N3O. The van der Waals surface area contributed by atoms with Crippen LogP contribution in [0.15, 0.2) is 17.7 Å². The lowest BCUT2D eigenvalue weighted by Crippen LogP contribution is -1.96. The van der Waals surface area contributed by atoms with E-state index < -0.39 is 0 Å². The molecule has 1 heterocycles. The summed E-state index contributed by atoms with van der Waals surface area (Å²) in [6, 6.07) is 0. The van der Waals surface area contributed by atoms with Crippen LogP contribution in [0.2, 0.25) is 0 Å². The van der Waals surface area contributed by atoms with E-state index in [1.165, 1.54) is 6.33 Å². The van der Waals surface area contributed by atoms with Gasteiger partial charge >= 0.3 is 0 Å². The van der Waals surface area contributed by atoms with Gasteiger partial charge in [0.05, 0.1) is 5.69 Å². The monoisotopic (exact) mass is 179 g/mol. The highest BCUT2D eigenvalue weighted by Crippen LogP contribution is 2.00. The number of oxime groups is 1. The van der Waals surface area contributed by atoms with Gasteiger partial charge in [-0.3, -0.25) is 0 Å². The molecule has 0 aliphatic heterocycles. The number of aromatic nitrogens is 2. The zero-order chi connectivity index (χ0) is 9.52. The van der Waals surface area contributed by atoms with Gasteiger partial charge in [0, 0.05) is 18.8 Å². The Morgan fingerprint density at radius 2 is 2.46 bits per heavy atom. The fourth-order valence-electron chi connectivity index (χ4n) is 0.889. The van der Waals surface area contributed by atoms with Crippen LogP contribution < -0.4 is 0 Å². The van der Waals surface area contributed by atoms with E-state index in [9.17, 15) is 0 Å². The predicted octanol–water partition coefficient (Wildman–Crippen LogP) is 1.35. The topological polar surface area (TPSA) is 47.4 Å². The minimum atomic E-state index is 0.596. The van der Waals surface area contributed by atoms with Crippen LogP contribution in [0.5, 0.6) is 0 Å².